The van der Waals surface area contributed by atoms with Crippen LogP contribution in [0.5, 0.6) is 5.75 Å². The zero-order chi connectivity index (χ0) is 31.4. The first-order valence-electron chi connectivity index (χ1n) is 14.9. The molecule has 0 aliphatic carbocycles. The second-order valence-corrected chi connectivity index (χ2v) is 11.7. The van der Waals surface area contributed by atoms with Gasteiger partial charge in [-0.25, -0.2) is 14.3 Å². The fraction of sp³-hybridized carbons (Fsp3) is 0.189. The Hall–Kier alpha value is -5.50. The van der Waals surface area contributed by atoms with Gasteiger partial charge < -0.3 is 14.0 Å². The predicted molar refractivity (Wildman–Crippen MR) is 175 cm³/mol. The van der Waals surface area contributed by atoms with Crippen LogP contribution >= 0.6 is 0 Å². The van der Waals surface area contributed by atoms with Crippen LogP contribution in [0.3, 0.4) is 0 Å². The number of rotatable bonds is 6. The van der Waals surface area contributed by atoms with Crippen LogP contribution in [0.1, 0.15) is 43.3 Å². The fourth-order valence-electron chi connectivity index (χ4n) is 6.50. The molecule has 45 heavy (non-hydrogen) atoms. The summed E-state index contributed by atoms with van der Waals surface area (Å²) < 4.78 is 15.1. The van der Waals surface area contributed by atoms with Crippen LogP contribution in [0.4, 0.5) is 0 Å². The molecule has 1 aliphatic heterocycles. The van der Waals surface area contributed by atoms with E-state index in [1.807, 2.05) is 63.8 Å². The lowest BCUT2D eigenvalue weighted by molar-refractivity contribution is -0.149. The Morgan fingerprint density at radius 3 is 2.20 bits per heavy atom. The van der Waals surface area contributed by atoms with Crippen LogP contribution in [-0.4, -0.2) is 31.5 Å². The van der Waals surface area contributed by atoms with Gasteiger partial charge in [-0.1, -0.05) is 59.3 Å². The van der Waals surface area contributed by atoms with E-state index in [1.54, 1.807) is 0 Å². The smallest absolute Gasteiger partial charge is 0.347 e. The minimum Gasteiger partial charge on any atom is -0.487 e. The molecule has 6 aromatic rings. The summed E-state index contributed by atoms with van der Waals surface area (Å²) in [5.74, 6) is -0.552. The second kappa shape index (κ2) is 10.9. The molecule has 0 saturated carbocycles. The Kier molecular flexibility index (Phi) is 6.85. The van der Waals surface area contributed by atoms with Crippen molar-refractivity contribution in [3.8, 4) is 5.75 Å². The van der Waals surface area contributed by atoms with E-state index in [4.69, 9.17) is 9.47 Å². The van der Waals surface area contributed by atoms with Gasteiger partial charge in [0.2, 0.25) is 0 Å². The van der Waals surface area contributed by atoms with Gasteiger partial charge in [-0.2, -0.15) is 0 Å². The second-order valence-electron chi connectivity index (χ2n) is 11.7. The molecule has 224 valence electrons. The number of aryl methyl sites for hydroxylation is 1. The van der Waals surface area contributed by atoms with E-state index in [1.165, 1.54) is 27.1 Å². The highest BCUT2D eigenvalue weighted by atomic mass is 16.6. The lowest BCUT2D eigenvalue weighted by atomic mass is 9.93. The number of ether oxygens (including phenoxy) is 2. The Morgan fingerprint density at radius 1 is 0.844 bits per heavy atom. The van der Waals surface area contributed by atoms with Crippen LogP contribution in [-0.2, 0) is 34.5 Å². The van der Waals surface area contributed by atoms with E-state index >= 15 is 0 Å². The number of nitrogens with zero attached hydrogens (tertiary/aromatic N) is 4. The van der Waals surface area contributed by atoms with Crippen molar-refractivity contribution in [2.24, 2.45) is 7.05 Å². The molecule has 2 aromatic heterocycles. The molecule has 1 fully saturated rings. The summed E-state index contributed by atoms with van der Waals surface area (Å²) in [5.41, 5.74) is 6.84. The van der Waals surface area contributed by atoms with Crippen molar-refractivity contribution in [1.82, 2.24) is 19.6 Å². The van der Waals surface area contributed by atoms with Crippen LogP contribution in [0.2, 0.25) is 0 Å². The maximum absolute atomic E-state index is 12.8. The van der Waals surface area contributed by atoms with Crippen molar-refractivity contribution in [2.45, 2.75) is 40.8 Å². The molecule has 0 radical (unpaired) electrons. The molecule has 0 unspecified atom stereocenters. The Bertz CT molecular complexity index is 2210. The highest BCUT2D eigenvalue weighted by Crippen LogP contribution is 2.39. The maximum Gasteiger partial charge on any atom is 0.347 e. The number of allylic oxidation sites excluding steroid dienone is 2. The SMILES string of the molecule is CC(C)=C1C(=O)OC(=O)/C1=C(\C)c1c(C)n(C)c2ccc(OCc3cn(Cc4c5ccccc5cc5ccccc45)nn3)cc12. The normalized spacial score (nSPS) is 14.6. The molecule has 1 saturated heterocycles. The first kappa shape index (κ1) is 28.3. The average molecular weight is 597 g/mol. The van der Waals surface area contributed by atoms with Gasteiger partial charge in [0.1, 0.15) is 18.1 Å². The van der Waals surface area contributed by atoms with Crippen molar-refractivity contribution in [3.05, 3.63) is 118 Å². The van der Waals surface area contributed by atoms with Gasteiger partial charge in [0.15, 0.2) is 0 Å². The first-order valence-corrected chi connectivity index (χ1v) is 14.9. The molecule has 0 spiro atoms. The fourth-order valence-corrected chi connectivity index (χ4v) is 6.50. The standard InChI is InChI=1S/C37H32N4O4/c1-21(2)33-35(37(43)45-36(33)42)22(3)34-23(4)40(5)32-15-14-27(17-30(32)34)44-20-26-18-41(39-38-26)19-31-28-12-8-6-10-24(28)16-25-11-7-9-13-29(25)31/h6-18H,19-20H2,1-5H3/b35-22+. The number of hydrogen-bond donors (Lipinski definition) is 0. The summed E-state index contributed by atoms with van der Waals surface area (Å²) in [6.07, 6.45) is 1.92. The van der Waals surface area contributed by atoms with Gasteiger partial charge in [-0.3, -0.25) is 0 Å². The zero-order valence-corrected chi connectivity index (χ0v) is 25.8. The molecular formula is C37H32N4O4. The summed E-state index contributed by atoms with van der Waals surface area (Å²) in [5, 5.41) is 14.5. The summed E-state index contributed by atoms with van der Waals surface area (Å²) in [6, 6.07) is 25.0. The van der Waals surface area contributed by atoms with Gasteiger partial charge >= 0.3 is 11.9 Å². The number of benzene rings is 4. The molecule has 8 nitrogen and oxygen atoms in total. The van der Waals surface area contributed by atoms with Gasteiger partial charge in [-0.15, -0.1) is 5.10 Å². The molecule has 1 aliphatic rings. The van der Waals surface area contributed by atoms with Gasteiger partial charge in [-0.05, 0) is 84.6 Å². The van der Waals surface area contributed by atoms with Crippen LogP contribution in [0, 0.1) is 6.92 Å². The molecule has 8 heteroatoms. The maximum atomic E-state index is 12.8. The number of carbonyl (C=O) groups excluding carboxylic acids is 2. The molecule has 7 rings (SSSR count). The monoisotopic (exact) mass is 596 g/mol. The van der Waals surface area contributed by atoms with Gasteiger partial charge in [0.25, 0.3) is 0 Å². The number of cyclic esters (lactones) is 2. The predicted octanol–water partition coefficient (Wildman–Crippen LogP) is 7.21. The Labute approximate surface area is 260 Å². The quantitative estimate of drug-likeness (QED) is 0.0874. The molecule has 0 amide bonds. The van der Waals surface area contributed by atoms with Crippen molar-refractivity contribution in [2.75, 3.05) is 0 Å². The summed E-state index contributed by atoms with van der Waals surface area (Å²) in [4.78, 5) is 25.2. The number of hydrogen-bond acceptors (Lipinski definition) is 6. The molecule has 0 atom stereocenters. The third-order valence-corrected chi connectivity index (χ3v) is 8.73. The van der Waals surface area contributed by atoms with E-state index in [0.717, 1.165) is 27.7 Å². The lowest BCUT2D eigenvalue weighted by Crippen LogP contribution is -2.02. The van der Waals surface area contributed by atoms with E-state index in [9.17, 15) is 9.59 Å². The number of esters is 2. The third-order valence-electron chi connectivity index (χ3n) is 8.73. The zero-order valence-electron chi connectivity index (χ0n) is 25.8. The molecule has 0 bridgehead atoms. The van der Waals surface area contributed by atoms with Crippen molar-refractivity contribution >= 4 is 50.0 Å². The van der Waals surface area contributed by atoms with E-state index in [0.29, 0.717) is 34.7 Å². The summed E-state index contributed by atoms with van der Waals surface area (Å²) >= 11 is 0. The number of aromatic nitrogens is 4. The molecule has 0 N–H and O–H groups in total. The van der Waals surface area contributed by atoms with Crippen LogP contribution in [0.15, 0.2) is 95.7 Å². The lowest BCUT2D eigenvalue weighted by Gasteiger charge is -2.11. The summed E-state index contributed by atoms with van der Waals surface area (Å²) in [6.45, 7) is 8.31. The van der Waals surface area contributed by atoms with Crippen molar-refractivity contribution < 1.29 is 19.1 Å². The highest BCUT2D eigenvalue weighted by Gasteiger charge is 2.37. The van der Waals surface area contributed by atoms with Gasteiger partial charge in [0, 0.05) is 29.2 Å². The minimum absolute atomic E-state index is 0.242. The van der Waals surface area contributed by atoms with Crippen LogP contribution in [0.25, 0.3) is 38.0 Å². The van der Waals surface area contributed by atoms with Crippen molar-refractivity contribution in [3.63, 3.8) is 0 Å². The number of fused-ring (bicyclic) bond motifs is 3. The van der Waals surface area contributed by atoms with Crippen LogP contribution < -0.4 is 4.74 Å². The first-order chi connectivity index (χ1) is 21.7. The van der Waals surface area contributed by atoms with E-state index in [-0.39, 0.29) is 6.61 Å². The molecule has 3 heterocycles. The third kappa shape index (κ3) is 4.79. The molecule has 4 aromatic carbocycles. The average Bonchev–Trinajstić information content (AvgIpc) is 3.68. The Morgan fingerprint density at radius 2 is 1.51 bits per heavy atom. The molecular weight excluding hydrogens is 564 g/mol. The highest BCUT2D eigenvalue weighted by molar-refractivity contribution is 6.22. The van der Waals surface area contributed by atoms with E-state index in [2.05, 4.69) is 69.5 Å². The Balaban J connectivity index is 1.18. The summed E-state index contributed by atoms with van der Waals surface area (Å²) in [7, 11) is 1.98. The van der Waals surface area contributed by atoms with E-state index < -0.39 is 11.9 Å². The van der Waals surface area contributed by atoms with Crippen molar-refractivity contribution in [1.29, 1.82) is 0 Å². The van der Waals surface area contributed by atoms with Gasteiger partial charge in [0.05, 0.1) is 23.9 Å². The minimum atomic E-state index is -0.614. The topological polar surface area (TPSA) is 88.2 Å². The largest absolute Gasteiger partial charge is 0.487 e. The number of carbonyl (C=O) groups is 2.